The molecule has 0 bridgehead atoms. The average Bonchev–Trinajstić information content (AvgIpc) is 3.34. The number of rotatable bonds is 2. The van der Waals surface area contributed by atoms with E-state index in [1.54, 1.807) is 24.3 Å². The molecule has 0 spiro atoms. The molecule has 198 valence electrons. The molecule has 0 fully saturated rings. The molecule has 6 rings (SSSR count). The summed E-state index contributed by atoms with van der Waals surface area (Å²) in [6, 6.07) is 25.1. The predicted octanol–water partition coefficient (Wildman–Crippen LogP) is 7.84. The number of hydrogen-bond acceptors (Lipinski definition) is 3. The van der Waals surface area contributed by atoms with E-state index in [0.717, 1.165) is 39.9 Å². The van der Waals surface area contributed by atoms with Crippen LogP contribution in [0.1, 0.15) is 31.9 Å². The van der Waals surface area contributed by atoms with Crippen molar-refractivity contribution in [2.45, 2.75) is 20.7 Å². The van der Waals surface area contributed by atoms with E-state index >= 15 is 0 Å². The van der Waals surface area contributed by atoms with Crippen LogP contribution in [0.25, 0.3) is 44.5 Å². The summed E-state index contributed by atoms with van der Waals surface area (Å²) in [6.45, 7) is 5.68. The van der Waals surface area contributed by atoms with Gasteiger partial charge in [0.15, 0.2) is 0 Å². The molecular weight excluding hydrogens is 678 g/mol. The van der Waals surface area contributed by atoms with Crippen LogP contribution in [-0.4, -0.2) is 4.98 Å². The first-order chi connectivity index (χ1) is 20.0. The molecule has 0 atom stereocenters. The Morgan fingerprint density at radius 2 is 1.80 bits per heavy atom. The predicted molar refractivity (Wildman–Crippen MR) is 152 cm³/mol. The van der Waals surface area contributed by atoms with Gasteiger partial charge in [0.1, 0.15) is 17.5 Å². The second-order valence-corrected chi connectivity index (χ2v) is 9.19. The zero-order valence-electron chi connectivity index (χ0n) is 24.9. The molecule has 6 heteroatoms. The molecule has 0 saturated heterocycles. The van der Waals surface area contributed by atoms with Crippen molar-refractivity contribution in [3.05, 3.63) is 133 Å². The molecule has 6 aromatic rings. The molecule has 3 heterocycles. The third-order valence-electron chi connectivity index (χ3n) is 6.62. The maximum atomic E-state index is 14.3. The van der Waals surface area contributed by atoms with Crippen molar-refractivity contribution in [1.82, 2.24) is 4.98 Å². The van der Waals surface area contributed by atoms with Gasteiger partial charge in [-0.25, -0.2) is 4.39 Å². The fraction of sp³-hybridized carbons (Fsp3) is 0.0882. The fourth-order valence-electron chi connectivity index (χ4n) is 4.42. The first-order valence-electron chi connectivity index (χ1n) is 13.7. The first kappa shape index (κ1) is 24.6. The minimum Gasteiger partial charge on any atom is -0.499 e. The second kappa shape index (κ2) is 11.8. The van der Waals surface area contributed by atoms with Gasteiger partial charge in [-0.1, -0.05) is 40.8 Å². The summed E-state index contributed by atoms with van der Waals surface area (Å²) in [6.07, 6.45) is 3.06. The first-order valence-corrected chi connectivity index (χ1v) is 12.2. The maximum Gasteiger partial charge on any atom is 3.00 e. The van der Waals surface area contributed by atoms with E-state index in [2.05, 4.69) is 63.3 Å². The number of furan rings is 1. The summed E-state index contributed by atoms with van der Waals surface area (Å²) in [7, 11) is 4.03. The Morgan fingerprint density at radius 1 is 1.02 bits per heavy atom. The monoisotopic (exact) mass is 707 g/mol. The quantitative estimate of drug-likeness (QED) is 0.136. The van der Waals surface area contributed by atoms with Gasteiger partial charge in [-0.15, -0.1) is 35.9 Å². The summed E-state index contributed by atoms with van der Waals surface area (Å²) in [4.78, 5) is 4.08. The number of para-hydroxylation sites is 1. The number of nitrogens with zero attached hydrogens (tertiary/aromatic N) is 3. The Kier molecular flexibility index (Phi) is 7.23. The summed E-state index contributed by atoms with van der Waals surface area (Å²) < 4.78 is 44.0. The zero-order chi connectivity index (χ0) is 30.2. The molecule has 0 aliphatic heterocycles. The van der Waals surface area contributed by atoms with Crippen LogP contribution in [-0.2, 0) is 20.1 Å². The van der Waals surface area contributed by atoms with Crippen molar-refractivity contribution >= 4 is 21.9 Å². The zero-order valence-corrected chi connectivity index (χ0v) is 24.3. The SMILES string of the molecule is [2H]C([2H])([2H])c1cnc(-c2[c-]ccc3c2oc2c(C#N)cccc23)cc1F.[CH2-]c1ccccc1-c1cc(C)c(C)c[n+]1[CH2-].[Ir+3]. The Morgan fingerprint density at radius 3 is 2.52 bits per heavy atom. The van der Waals surface area contributed by atoms with E-state index in [0.29, 0.717) is 22.3 Å². The Labute approximate surface area is 251 Å². The van der Waals surface area contributed by atoms with Gasteiger partial charge in [0.25, 0.3) is 0 Å². The molecule has 0 unspecified atom stereocenters. The van der Waals surface area contributed by atoms with Crippen molar-refractivity contribution in [2.75, 3.05) is 0 Å². The largest absolute Gasteiger partial charge is 3.00 e. The van der Waals surface area contributed by atoms with Crippen LogP contribution < -0.4 is 4.57 Å². The molecular formula is C34H26FIrN3O+. The van der Waals surface area contributed by atoms with Crippen LogP contribution in [0.5, 0.6) is 0 Å². The van der Waals surface area contributed by atoms with Crippen molar-refractivity contribution < 1.29 is 37.6 Å². The van der Waals surface area contributed by atoms with Crippen LogP contribution in [0, 0.1) is 57.9 Å². The van der Waals surface area contributed by atoms with Gasteiger partial charge < -0.3 is 14.0 Å². The molecule has 0 saturated carbocycles. The van der Waals surface area contributed by atoms with Gasteiger partial charge in [-0.2, -0.15) is 23.8 Å². The molecule has 0 aliphatic rings. The molecule has 3 aromatic carbocycles. The number of benzene rings is 3. The standard InChI is InChI=1S/C19H10FN2O.C15H16N.Ir/c1-11-10-22-17(8-16(11)20)15-7-3-6-14-13-5-2-4-12(9-21)18(13)23-19(14)15;1-11-7-5-6-8-14(11)15-9-12(2)13(3)10-16(15)4;/h2-6,8,10H,1H3;5-10H,1,4H2,2-3H3;/q2*-1;+3/i1D3;;. The van der Waals surface area contributed by atoms with Gasteiger partial charge in [0.05, 0.1) is 23.0 Å². The van der Waals surface area contributed by atoms with Crippen molar-refractivity contribution in [2.24, 2.45) is 0 Å². The topological polar surface area (TPSA) is 53.7 Å². The number of aryl methyl sites for hydroxylation is 3. The van der Waals surface area contributed by atoms with Gasteiger partial charge in [-0.3, -0.25) is 0 Å². The summed E-state index contributed by atoms with van der Waals surface area (Å²) in [5.41, 5.74) is 7.21. The Hall–Kier alpha value is -4.43. The van der Waals surface area contributed by atoms with E-state index in [4.69, 9.17) is 8.53 Å². The summed E-state index contributed by atoms with van der Waals surface area (Å²) in [5, 5.41) is 10.8. The van der Waals surface area contributed by atoms with Gasteiger partial charge in [0.2, 0.25) is 0 Å². The third kappa shape index (κ3) is 5.35. The van der Waals surface area contributed by atoms with Crippen LogP contribution in [0.3, 0.4) is 0 Å². The van der Waals surface area contributed by atoms with E-state index < -0.39 is 18.2 Å². The van der Waals surface area contributed by atoms with Crippen molar-refractivity contribution in [3.8, 4) is 28.6 Å². The Balaban J connectivity index is 0.000000215. The normalized spacial score (nSPS) is 11.9. The Bertz CT molecular complexity index is 2010. The number of aromatic nitrogens is 2. The molecule has 0 radical (unpaired) electrons. The van der Waals surface area contributed by atoms with Gasteiger partial charge in [0, 0.05) is 28.3 Å². The molecule has 3 aromatic heterocycles. The minimum absolute atomic E-state index is 0. The summed E-state index contributed by atoms with van der Waals surface area (Å²) >= 11 is 0. The van der Waals surface area contributed by atoms with E-state index in [1.807, 2.05) is 28.8 Å². The second-order valence-electron chi connectivity index (χ2n) is 9.19. The third-order valence-corrected chi connectivity index (χ3v) is 6.62. The number of pyridine rings is 2. The average molecular weight is 707 g/mol. The number of fused-ring (bicyclic) bond motifs is 3. The van der Waals surface area contributed by atoms with Crippen molar-refractivity contribution in [3.63, 3.8) is 0 Å². The minimum atomic E-state index is -2.58. The van der Waals surface area contributed by atoms with Crippen LogP contribution in [0.2, 0.25) is 0 Å². The number of halogens is 1. The van der Waals surface area contributed by atoms with Crippen LogP contribution in [0.4, 0.5) is 4.39 Å². The van der Waals surface area contributed by atoms with E-state index in [-0.39, 0.29) is 25.8 Å². The molecule has 40 heavy (non-hydrogen) atoms. The summed E-state index contributed by atoms with van der Waals surface area (Å²) in [5.74, 6) is -0.866. The van der Waals surface area contributed by atoms with Crippen molar-refractivity contribution in [1.29, 1.82) is 5.26 Å². The van der Waals surface area contributed by atoms with E-state index in [1.165, 1.54) is 11.1 Å². The van der Waals surface area contributed by atoms with Crippen LogP contribution >= 0.6 is 0 Å². The number of hydrogen-bond donors (Lipinski definition) is 0. The molecule has 0 amide bonds. The van der Waals surface area contributed by atoms with Gasteiger partial charge >= 0.3 is 20.1 Å². The molecule has 4 nitrogen and oxygen atoms in total. The van der Waals surface area contributed by atoms with Crippen LogP contribution in [0.15, 0.2) is 83.5 Å². The molecule has 0 aliphatic carbocycles. The fourth-order valence-corrected chi connectivity index (χ4v) is 4.42. The van der Waals surface area contributed by atoms with E-state index in [9.17, 15) is 9.65 Å². The smallest absolute Gasteiger partial charge is 0.499 e. The number of nitriles is 1. The molecule has 0 N–H and O–H groups in total. The van der Waals surface area contributed by atoms with Gasteiger partial charge in [-0.05, 0) is 44.1 Å². The maximum absolute atomic E-state index is 14.3.